The first-order valence-electron chi connectivity index (χ1n) is 11.1. The van der Waals surface area contributed by atoms with Gasteiger partial charge in [-0.3, -0.25) is 14.4 Å². The maximum Gasteiger partial charge on any atom is 0.289 e. The first kappa shape index (κ1) is 22.1. The number of aryl methyl sites for hydroxylation is 2. The van der Waals surface area contributed by atoms with E-state index >= 15 is 0 Å². The van der Waals surface area contributed by atoms with Gasteiger partial charge in [-0.1, -0.05) is 19.0 Å². The lowest BCUT2D eigenvalue weighted by Crippen LogP contribution is -2.62. The molecule has 0 N–H and O–H groups in total. The fraction of sp³-hybridized carbons (Fsp3) is 0.565. The summed E-state index contributed by atoms with van der Waals surface area (Å²) in [5.41, 5.74) is 1.74. The number of piperazine rings is 1. The quantitative estimate of drug-likeness (QED) is 0.702. The van der Waals surface area contributed by atoms with E-state index in [0.717, 1.165) is 17.0 Å². The van der Waals surface area contributed by atoms with Crippen molar-refractivity contribution in [3.05, 3.63) is 40.7 Å². The zero-order valence-corrected chi connectivity index (χ0v) is 19.1. The van der Waals surface area contributed by atoms with Crippen molar-refractivity contribution in [1.82, 2.24) is 19.9 Å². The van der Waals surface area contributed by atoms with E-state index < -0.39 is 6.04 Å². The van der Waals surface area contributed by atoms with Crippen molar-refractivity contribution in [2.24, 2.45) is 5.92 Å². The van der Waals surface area contributed by atoms with Crippen LogP contribution in [0.5, 0.6) is 0 Å². The van der Waals surface area contributed by atoms with Gasteiger partial charge in [-0.25, -0.2) is 0 Å². The molecular weight excluding hydrogens is 412 g/mol. The fourth-order valence-electron chi connectivity index (χ4n) is 4.49. The zero-order chi connectivity index (χ0) is 23.0. The second-order valence-electron chi connectivity index (χ2n) is 9.07. The smallest absolute Gasteiger partial charge is 0.289 e. The van der Waals surface area contributed by atoms with E-state index in [1.165, 1.54) is 0 Å². The highest BCUT2D eigenvalue weighted by molar-refractivity contribution is 5.96. The molecule has 0 bridgehead atoms. The molecule has 4 rings (SSSR count). The van der Waals surface area contributed by atoms with Gasteiger partial charge in [0.1, 0.15) is 17.6 Å². The van der Waals surface area contributed by atoms with E-state index in [1.54, 1.807) is 26.8 Å². The highest BCUT2D eigenvalue weighted by atomic mass is 16.5. The summed E-state index contributed by atoms with van der Waals surface area (Å²) in [5, 5.41) is 3.95. The van der Waals surface area contributed by atoms with Crippen LogP contribution in [-0.2, 0) is 16.0 Å². The number of nitrogens with zero attached hydrogens (tertiary/aromatic N) is 4. The summed E-state index contributed by atoms with van der Waals surface area (Å²) in [6.45, 7) is 9.52. The van der Waals surface area contributed by atoms with Gasteiger partial charge < -0.3 is 23.6 Å². The number of carbonyl (C=O) groups excluding carboxylic acids is 3. The Kier molecular flexibility index (Phi) is 6.08. The third kappa shape index (κ3) is 4.28. The Labute approximate surface area is 187 Å². The predicted octanol–water partition coefficient (Wildman–Crippen LogP) is 2.02. The summed E-state index contributed by atoms with van der Waals surface area (Å²) < 4.78 is 11.0. The largest absolute Gasteiger partial charge is 0.456 e. The van der Waals surface area contributed by atoms with Gasteiger partial charge in [0, 0.05) is 31.6 Å². The molecule has 2 aromatic rings. The molecule has 9 nitrogen and oxygen atoms in total. The van der Waals surface area contributed by atoms with Crippen LogP contribution in [0.1, 0.15) is 53.6 Å². The van der Waals surface area contributed by atoms with Crippen LogP contribution < -0.4 is 0 Å². The van der Waals surface area contributed by atoms with Crippen molar-refractivity contribution in [2.45, 2.75) is 46.6 Å². The van der Waals surface area contributed by atoms with Gasteiger partial charge in [-0.2, -0.15) is 0 Å². The molecule has 2 aliphatic heterocycles. The average molecular weight is 443 g/mol. The molecule has 3 amide bonds. The summed E-state index contributed by atoms with van der Waals surface area (Å²) >= 11 is 0. The molecule has 2 saturated heterocycles. The van der Waals surface area contributed by atoms with Crippen LogP contribution in [0.3, 0.4) is 0 Å². The van der Waals surface area contributed by atoms with Gasteiger partial charge in [0.05, 0.1) is 18.8 Å². The van der Waals surface area contributed by atoms with Gasteiger partial charge in [0.2, 0.25) is 11.8 Å². The normalized spacial score (nSPS) is 19.5. The van der Waals surface area contributed by atoms with Crippen molar-refractivity contribution in [3.63, 3.8) is 0 Å². The van der Waals surface area contributed by atoms with Crippen molar-refractivity contribution < 1.29 is 23.3 Å². The first-order chi connectivity index (χ1) is 15.2. The average Bonchev–Trinajstić information content (AvgIpc) is 3.25. The minimum absolute atomic E-state index is 0.0516. The molecule has 0 radical (unpaired) electrons. The highest BCUT2D eigenvalue weighted by Gasteiger charge is 2.42. The molecule has 2 aliphatic rings. The number of carbonyl (C=O) groups is 3. The summed E-state index contributed by atoms with van der Waals surface area (Å²) in [4.78, 5) is 43.9. The second-order valence-corrected chi connectivity index (χ2v) is 9.07. The third-order valence-electron chi connectivity index (χ3n) is 6.12. The zero-order valence-electron chi connectivity index (χ0n) is 19.1. The Balaban J connectivity index is 1.49. The van der Waals surface area contributed by atoms with Crippen LogP contribution in [0.25, 0.3) is 0 Å². The molecular formula is C23H30N4O5. The van der Waals surface area contributed by atoms with Crippen LogP contribution in [0.15, 0.2) is 21.1 Å². The minimum Gasteiger partial charge on any atom is -0.456 e. The van der Waals surface area contributed by atoms with Crippen LogP contribution in [0.4, 0.5) is 0 Å². The molecule has 0 aromatic carbocycles. The monoisotopic (exact) mass is 442 g/mol. The van der Waals surface area contributed by atoms with Crippen molar-refractivity contribution >= 4 is 17.7 Å². The Hall–Kier alpha value is -3.10. The number of furan rings is 1. The maximum absolute atomic E-state index is 13.2. The minimum atomic E-state index is -0.641. The molecule has 32 heavy (non-hydrogen) atoms. The molecule has 0 spiro atoms. The van der Waals surface area contributed by atoms with Crippen molar-refractivity contribution in [3.8, 4) is 0 Å². The van der Waals surface area contributed by atoms with Crippen LogP contribution >= 0.6 is 0 Å². The lowest BCUT2D eigenvalue weighted by Gasteiger charge is -2.40. The first-order valence-corrected chi connectivity index (χ1v) is 11.1. The lowest BCUT2D eigenvalue weighted by atomic mass is 10.1. The van der Waals surface area contributed by atoms with Crippen LogP contribution in [0.2, 0.25) is 0 Å². The summed E-state index contributed by atoms with van der Waals surface area (Å²) in [7, 11) is 0. The molecule has 1 atom stereocenters. The van der Waals surface area contributed by atoms with Crippen molar-refractivity contribution in [2.75, 3.05) is 32.7 Å². The summed E-state index contributed by atoms with van der Waals surface area (Å²) in [6, 6.07) is 2.80. The SMILES string of the molecule is Cc1noc(C)c1Cc1ccc(C(=O)N2CCCN3C(=O)CN(CC(C)C)C(=O)C3C2)o1. The maximum atomic E-state index is 13.2. The molecule has 0 saturated carbocycles. The molecule has 1 unspecified atom stereocenters. The predicted molar refractivity (Wildman–Crippen MR) is 115 cm³/mol. The van der Waals surface area contributed by atoms with E-state index in [-0.39, 0.29) is 42.5 Å². The van der Waals surface area contributed by atoms with E-state index in [1.807, 2.05) is 27.7 Å². The number of fused-ring (bicyclic) bond motifs is 1. The Bertz CT molecular complexity index is 1000. The van der Waals surface area contributed by atoms with E-state index in [9.17, 15) is 14.4 Å². The molecule has 2 fully saturated rings. The van der Waals surface area contributed by atoms with Gasteiger partial charge in [0.25, 0.3) is 5.91 Å². The Morgan fingerprint density at radius 3 is 2.69 bits per heavy atom. The van der Waals surface area contributed by atoms with Gasteiger partial charge in [0.15, 0.2) is 5.76 Å². The Morgan fingerprint density at radius 2 is 2.00 bits per heavy atom. The van der Waals surface area contributed by atoms with E-state index in [4.69, 9.17) is 8.94 Å². The third-order valence-corrected chi connectivity index (χ3v) is 6.12. The van der Waals surface area contributed by atoms with Gasteiger partial charge in [-0.05, 0) is 38.3 Å². The standard InChI is InChI=1S/C23H30N4O5/c1-14(2)11-26-13-21(28)27-9-5-8-25(12-19(27)22(26)29)23(30)20-7-6-17(31-20)10-18-15(3)24-32-16(18)4/h6-7,14,19H,5,8-13H2,1-4H3. The number of hydrogen-bond donors (Lipinski definition) is 0. The number of hydrogen-bond acceptors (Lipinski definition) is 6. The number of aromatic nitrogens is 1. The highest BCUT2D eigenvalue weighted by Crippen LogP contribution is 2.23. The van der Waals surface area contributed by atoms with E-state index in [0.29, 0.717) is 38.2 Å². The van der Waals surface area contributed by atoms with Crippen molar-refractivity contribution in [1.29, 1.82) is 0 Å². The molecule has 172 valence electrons. The topological polar surface area (TPSA) is 100 Å². The number of amides is 3. The number of rotatable bonds is 5. The summed E-state index contributed by atoms with van der Waals surface area (Å²) in [6.07, 6.45) is 1.11. The van der Waals surface area contributed by atoms with Gasteiger partial charge >= 0.3 is 0 Å². The van der Waals surface area contributed by atoms with E-state index in [2.05, 4.69) is 5.16 Å². The Morgan fingerprint density at radius 1 is 1.22 bits per heavy atom. The van der Waals surface area contributed by atoms with Gasteiger partial charge in [-0.15, -0.1) is 0 Å². The van der Waals surface area contributed by atoms with Crippen LogP contribution in [0, 0.1) is 19.8 Å². The van der Waals surface area contributed by atoms with Crippen LogP contribution in [-0.4, -0.2) is 76.3 Å². The molecule has 2 aromatic heterocycles. The molecule has 9 heteroatoms. The lowest BCUT2D eigenvalue weighted by molar-refractivity contribution is -0.156. The second kappa shape index (κ2) is 8.80. The fourth-order valence-corrected chi connectivity index (χ4v) is 4.49. The molecule has 4 heterocycles. The molecule has 0 aliphatic carbocycles. The summed E-state index contributed by atoms with van der Waals surface area (Å²) in [5.74, 6) is 1.46.